The number of benzene rings is 2. The molecule has 3 rings (SSSR count). The van der Waals surface area contributed by atoms with Crippen molar-refractivity contribution < 1.29 is 22.7 Å². The first-order valence-corrected chi connectivity index (χ1v) is 12.2. The van der Waals surface area contributed by atoms with Crippen LogP contribution in [0.5, 0.6) is 11.5 Å². The molecule has 0 bridgehead atoms. The molecule has 172 valence electrons. The Kier molecular flexibility index (Phi) is 7.58. The van der Waals surface area contributed by atoms with Crippen LogP contribution in [0.4, 0.5) is 5.69 Å². The maximum absolute atomic E-state index is 12.8. The smallest absolute Gasteiger partial charge is 0.251 e. The van der Waals surface area contributed by atoms with E-state index in [0.717, 1.165) is 16.8 Å². The summed E-state index contributed by atoms with van der Waals surface area (Å²) in [5, 5.41) is 0. The highest BCUT2D eigenvalue weighted by atomic mass is 32.2. The average Bonchev–Trinajstić information content (AvgIpc) is 3.22. The highest BCUT2D eigenvalue weighted by Crippen LogP contribution is 2.32. The lowest BCUT2D eigenvalue weighted by molar-refractivity contribution is -0.114. The van der Waals surface area contributed by atoms with Crippen LogP contribution in [0.15, 0.2) is 47.4 Å². The van der Waals surface area contributed by atoms with Gasteiger partial charge in [-0.25, -0.2) is 8.42 Å². The molecule has 0 saturated heterocycles. The van der Waals surface area contributed by atoms with Gasteiger partial charge in [-0.1, -0.05) is 19.9 Å². The molecular formula is C24H30N2O5S. The average molecular weight is 459 g/mol. The number of carbonyl (C=O) groups excluding carboxylic acids is 1. The Labute approximate surface area is 190 Å². The van der Waals surface area contributed by atoms with E-state index in [1.54, 1.807) is 36.3 Å². The first kappa shape index (κ1) is 23.8. The Hall–Kier alpha value is -2.84. The van der Waals surface area contributed by atoms with Gasteiger partial charge in [0.2, 0.25) is 10.0 Å². The van der Waals surface area contributed by atoms with Crippen LogP contribution in [-0.2, 0) is 21.2 Å². The maximum Gasteiger partial charge on any atom is 0.251 e. The molecule has 32 heavy (non-hydrogen) atoms. The zero-order valence-corrected chi connectivity index (χ0v) is 19.8. The third kappa shape index (κ3) is 4.81. The molecule has 8 heteroatoms. The zero-order valence-electron chi connectivity index (χ0n) is 19.0. The predicted octanol–water partition coefficient (Wildman–Crippen LogP) is 3.73. The lowest BCUT2D eigenvalue weighted by Crippen LogP contribution is -2.30. The van der Waals surface area contributed by atoms with Crippen molar-refractivity contribution in [1.82, 2.24) is 4.31 Å². The molecule has 1 heterocycles. The number of hydrogen-bond donors (Lipinski definition) is 0. The molecule has 0 radical (unpaired) electrons. The third-order valence-electron chi connectivity index (χ3n) is 5.46. The minimum Gasteiger partial charge on any atom is -0.493 e. The van der Waals surface area contributed by atoms with E-state index in [-0.39, 0.29) is 10.8 Å². The number of amides is 1. The van der Waals surface area contributed by atoms with Gasteiger partial charge in [-0.05, 0) is 60.9 Å². The van der Waals surface area contributed by atoms with Crippen molar-refractivity contribution in [2.45, 2.75) is 32.1 Å². The molecule has 0 N–H and O–H groups in total. The lowest BCUT2D eigenvalue weighted by atomic mass is 10.1. The summed E-state index contributed by atoms with van der Waals surface area (Å²) in [6.45, 7) is 7.43. The normalized spacial score (nSPS) is 13.6. The van der Waals surface area contributed by atoms with Crippen molar-refractivity contribution in [2.24, 2.45) is 0 Å². The summed E-state index contributed by atoms with van der Waals surface area (Å²) in [6.07, 6.45) is 3.87. The van der Waals surface area contributed by atoms with Gasteiger partial charge in [-0.15, -0.1) is 0 Å². The number of rotatable bonds is 9. The number of sulfonamides is 1. The first-order chi connectivity index (χ1) is 15.3. The summed E-state index contributed by atoms with van der Waals surface area (Å²) >= 11 is 0. The van der Waals surface area contributed by atoms with Crippen LogP contribution in [-0.4, -0.2) is 52.0 Å². The van der Waals surface area contributed by atoms with E-state index in [1.165, 1.54) is 10.4 Å². The van der Waals surface area contributed by atoms with Crippen molar-refractivity contribution >= 4 is 27.7 Å². The molecule has 2 aromatic rings. The Bertz CT molecular complexity index is 1110. The highest BCUT2D eigenvalue weighted by molar-refractivity contribution is 7.89. The van der Waals surface area contributed by atoms with Gasteiger partial charge in [0.1, 0.15) is 0 Å². The number of nitrogens with zero attached hydrogens (tertiary/aromatic N) is 2. The molecule has 0 aromatic heterocycles. The van der Waals surface area contributed by atoms with Gasteiger partial charge in [0, 0.05) is 31.4 Å². The van der Waals surface area contributed by atoms with E-state index < -0.39 is 10.0 Å². The summed E-state index contributed by atoms with van der Waals surface area (Å²) in [7, 11) is -1.95. The highest BCUT2D eigenvalue weighted by Gasteiger charge is 2.27. The third-order valence-corrected chi connectivity index (χ3v) is 7.51. The number of methoxy groups -OCH3 is 1. The summed E-state index contributed by atoms with van der Waals surface area (Å²) < 4.78 is 37.9. The van der Waals surface area contributed by atoms with Crippen LogP contribution in [0.25, 0.3) is 6.08 Å². The topological polar surface area (TPSA) is 76.2 Å². The van der Waals surface area contributed by atoms with Gasteiger partial charge < -0.3 is 14.4 Å². The maximum atomic E-state index is 12.8. The number of ether oxygens (including phenoxy) is 2. The fraction of sp³-hybridized carbons (Fsp3) is 0.375. The van der Waals surface area contributed by atoms with Crippen LogP contribution in [0, 0.1) is 0 Å². The van der Waals surface area contributed by atoms with Gasteiger partial charge in [-0.3, -0.25) is 4.79 Å². The Morgan fingerprint density at radius 3 is 2.50 bits per heavy atom. The fourth-order valence-corrected chi connectivity index (χ4v) is 5.31. The zero-order chi connectivity index (χ0) is 23.3. The Morgan fingerprint density at radius 1 is 1.09 bits per heavy atom. The molecule has 0 saturated carbocycles. The SMILES string of the molecule is CCOc1ccc(/C=C/C(=O)N2CCc3cc(S(=O)(=O)N(CC)CC)ccc32)cc1OC. The van der Waals surface area contributed by atoms with Gasteiger partial charge >= 0.3 is 0 Å². The van der Waals surface area contributed by atoms with Gasteiger partial charge in [0.15, 0.2) is 11.5 Å². The second-order valence-electron chi connectivity index (χ2n) is 7.30. The molecule has 0 fully saturated rings. The molecule has 0 unspecified atom stereocenters. The minimum absolute atomic E-state index is 0.157. The van der Waals surface area contributed by atoms with Crippen LogP contribution >= 0.6 is 0 Å². The van der Waals surface area contributed by atoms with E-state index in [0.29, 0.717) is 44.2 Å². The summed E-state index contributed by atoms with van der Waals surface area (Å²) in [5.41, 5.74) is 2.43. The van der Waals surface area contributed by atoms with Gasteiger partial charge in [-0.2, -0.15) is 4.31 Å². The van der Waals surface area contributed by atoms with Crippen LogP contribution in [0.3, 0.4) is 0 Å². The van der Waals surface area contributed by atoms with Gasteiger partial charge in [0.05, 0.1) is 18.6 Å². The number of hydrogen-bond acceptors (Lipinski definition) is 5. The largest absolute Gasteiger partial charge is 0.493 e. The molecule has 1 aliphatic rings. The second-order valence-corrected chi connectivity index (χ2v) is 9.23. The predicted molar refractivity (Wildman–Crippen MR) is 126 cm³/mol. The van der Waals surface area contributed by atoms with Crippen molar-refractivity contribution in [3.05, 3.63) is 53.6 Å². The minimum atomic E-state index is -3.53. The van der Waals surface area contributed by atoms with Gasteiger partial charge in [0.25, 0.3) is 5.91 Å². The van der Waals surface area contributed by atoms with E-state index in [1.807, 2.05) is 39.0 Å². The summed E-state index contributed by atoms with van der Waals surface area (Å²) in [5.74, 6) is 1.10. The van der Waals surface area contributed by atoms with E-state index in [9.17, 15) is 13.2 Å². The van der Waals surface area contributed by atoms with Crippen molar-refractivity contribution in [3.8, 4) is 11.5 Å². The first-order valence-electron chi connectivity index (χ1n) is 10.8. The monoisotopic (exact) mass is 458 g/mol. The number of carbonyl (C=O) groups is 1. The molecule has 2 aromatic carbocycles. The molecule has 0 spiro atoms. The van der Waals surface area contributed by atoms with Crippen molar-refractivity contribution in [1.29, 1.82) is 0 Å². The van der Waals surface area contributed by atoms with Crippen LogP contribution < -0.4 is 14.4 Å². The molecule has 0 aliphatic carbocycles. The van der Waals surface area contributed by atoms with E-state index >= 15 is 0 Å². The van der Waals surface area contributed by atoms with Crippen molar-refractivity contribution in [3.63, 3.8) is 0 Å². The Morgan fingerprint density at radius 2 is 1.84 bits per heavy atom. The quantitative estimate of drug-likeness (QED) is 0.535. The van der Waals surface area contributed by atoms with E-state index in [2.05, 4.69) is 0 Å². The van der Waals surface area contributed by atoms with Crippen LogP contribution in [0.1, 0.15) is 31.9 Å². The fourth-order valence-electron chi connectivity index (χ4n) is 3.80. The summed E-state index contributed by atoms with van der Waals surface area (Å²) in [4.78, 5) is 14.8. The molecule has 1 aliphatic heterocycles. The standard InChI is InChI=1S/C24H30N2O5S/c1-5-25(6-2)32(28,29)20-10-11-21-19(17-20)14-15-26(21)24(27)13-9-18-8-12-22(31-7-3)23(16-18)30-4/h8-13,16-17H,5-7,14-15H2,1-4H3/b13-9+. The van der Waals surface area contributed by atoms with E-state index in [4.69, 9.17) is 9.47 Å². The molecule has 7 nitrogen and oxygen atoms in total. The van der Waals surface area contributed by atoms with Crippen LogP contribution in [0.2, 0.25) is 0 Å². The Balaban J connectivity index is 1.79. The second kappa shape index (κ2) is 10.2. The number of anilines is 1. The van der Waals surface area contributed by atoms with Crippen molar-refractivity contribution in [2.75, 3.05) is 38.3 Å². The lowest BCUT2D eigenvalue weighted by Gasteiger charge is -2.19. The molecule has 1 amide bonds. The summed E-state index contributed by atoms with van der Waals surface area (Å²) in [6, 6.07) is 10.5. The number of fused-ring (bicyclic) bond motifs is 1. The molecule has 0 atom stereocenters. The molecular weight excluding hydrogens is 428 g/mol.